The Bertz CT molecular complexity index is 1170. The first-order valence-corrected chi connectivity index (χ1v) is 10.6. The van der Waals surface area contributed by atoms with E-state index in [-0.39, 0.29) is 36.4 Å². The lowest BCUT2D eigenvalue weighted by Gasteiger charge is -2.38. The van der Waals surface area contributed by atoms with Gasteiger partial charge in [-0.1, -0.05) is 6.07 Å². The summed E-state index contributed by atoms with van der Waals surface area (Å²) in [6, 6.07) is 11.4. The lowest BCUT2D eigenvalue weighted by Crippen LogP contribution is -2.62. The number of rotatable bonds is 6. The van der Waals surface area contributed by atoms with Crippen molar-refractivity contribution >= 4 is 29.5 Å². The Hall–Kier alpha value is -4.01. The van der Waals surface area contributed by atoms with Gasteiger partial charge < -0.3 is 10.1 Å². The van der Waals surface area contributed by atoms with Crippen LogP contribution in [0.25, 0.3) is 0 Å². The van der Waals surface area contributed by atoms with Gasteiger partial charge in [-0.25, -0.2) is 0 Å². The quantitative estimate of drug-likeness (QED) is 0.649. The molecule has 0 bridgehead atoms. The number of imide groups is 2. The minimum absolute atomic E-state index is 0.0402. The summed E-state index contributed by atoms with van der Waals surface area (Å²) in [6.07, 6.45) is 0.104. The molecule has 9 heteroatoms. The number of amides is 5. The van der Waals surface area contributed by atoms with Crippen molar-refractivity contribution in [3.63, 3.8) is 0 Å². The van der Waals surface area contributed by atoms with E-state index in [1.165, 1.54) is 13.0 Å². The van der Waals surface area contributed by atoms with Crippen LogP contribution in [-0.4, -0.2) is 46.6 Å². The second kappa shape index (κ2) is 8.50. The van der Waals surface area contributed by atoms with E-state index in [2.05, 4.69) is 10.6 Å². The van der Waals surface area contributed by atoms with Gasteiger partial charge in [-0.15, -0.1) is 0 Å². The summed E-state index contributed by atoms with van der Waals surface area (Å²) in [5, 5.41) is 4.99. The Kier molecular flexibility index (Phi) is 5.71. The van der Waals surface area contributed by atoms with Gasteiger partial charge >= 0.3 is 0 Å². The lowest BCUT2D eigenvalue weighted by molar-refractivity contribution is -0.140. The van der Waals surface area contributed by atoms with Crippen LogP contribution in [0.3, 0.4) is 0 Å². The number of nitrogens with zero attached hydrogens (tertiary/aromatic N) is 1. The van der Waals surface area contributed by atoms with Crippen LogP contribution in [0.4, 0.5) is 0 Å². The molecule has 2 aromatic carbocycles. The molecule has 0 saturated carbocycles. The standard InChI is InChI=1S/C24H23N3O6/c1-3-33-16-7-5-15(6-8-16)20(29)25-13-14-4-9-17-18(12-14)22(31)27(21(17)30)24(2)11-10-19(28)26-23(24)32/h4-9,12H,3,10-11,13H2,1-2H3,(H,25,29)(H,26,28,32). The Morgan fingerprint density at radius 1 is 1.06 bits per heavy atom. The minimum atomic E-state index is -1.44. The number of carbonyl (C=O) groups excluding carboxylic acids is 5. The van der Waals surface area contributed by atoms with E-state index in [1.807, 2.05) is 6.92 Å². The average molecular weight is 449 g/mol. The Balaban J connectivity index is 1.48. The number of carbonyl (C=O) groups is 5. The maximum atomic E-state index is 13.1. The van der Waals surface area contributed by atoms with Crippen molar-refractivity contribution in [3.05, 3.63) is 64.7 Å². The summed E-state index contributed by atoms with van der Waals surface area (Å²) >= 11 is 0. The second-order valence-corrected chi connectivity index (χ2v) is 8.12. The van der Waals surface area contributed by atoms with Crippen LogP contribution in [0.2, 0.25) is 0 Å². The predicted octanol–water partition coefficient (Wildman–Crippen LogP) is 1.81. The number of hydrogen-bond donors (Lipinski definition) is 2. The minimum Gasteiger partial charge on any atom is -0.494 e. The monoisotopic (exact) mass is 449 g/mol. The first kappa shape index (κ1) is 22.2. The van der Waals surface area contributed by atoms with Gasteiger partial charge in [-0.05, 0) is 62.2 Å². The molecule has 1 saturated heterocycles. The fourth-order valence-electron chi connectivity index (χ4n) is 4.01. The van der Waals surface area contributed by atoms with Gasteiger partial charge in [0.15, 0.2) is 0 Å². The van der Waals surface area contributed by atoms with Gasteiger partial charge in [0.25, 0.3) is 23.6 Å². The maximum Gasteiger partial charge on any atom is 0.262 e. The molecule has 0 radical (unpaired) electrons. The van der Waals surface area contributed by atoms with E-state index in [0.29, 0.717) is 23.5 Å². The summed E-state index contributed by atoms with van der Waals surface area (Å²) in [6.45, 7) is 4.03. The third-order valence-electron chi connectivity index (χ3n) is 5.91. The summed E-state index contributed by atoms with van der Waals surface area (Å²) < 4.78 is 5.37. The Morgan fingerprint density at radius 2 is 1.76 bits per heavy atom. The molecule has 1 unspecified atom stereocenters. The highest BCUT2D eigenvalue weighted by Gasteiger charge is 2.52. The number of nitrogens with one attached hydrogen (secondary N) is 2. The number of piperidine rings is 1. The van der Waals surface area contributed by atoms with E-state index in [4.69, 9.17) is 4.74 Å². The van der Waals surface area contributed by atoms with Crippen molar-refractivity contribution in [2.24, 2.45) is 0 Å². The van der Waals surface area contributed by atoms with E-state index in [9.17, 15) is 24.0 Å². The average Bonchev–Trinajstić information content (AvgIpc) is 3.05. The van der Waals surface area contributed by atoms with Gasteiger partial charge in [0.05, 0.1) is 17.7 Å². The van der Waals surface area contributed by atoms with Crippen LogP contribution in [0.5, 0.6) is 5.75 Å². The number of hydrogen-bond acceptors (Lipinski definition) is 6. The van der Waals surface area contributed by atoms with Crippen LogP contribution in [0, 0.1) is 0 Å². The molecule has 0 aromatic heterocycles. The molecule has 33 heavy (non-hydrogen) atoms. The van der Waals surface area contributed by atoms with E-state index < -0.39 is 29.2 Å². The van der Waals surface area contributed by atoms with E-state index in [0.717, 1.165) is 4.90 Å². The smallest absolute Gasteiger partial charge is 0.262 e. The highest BCUT2D eigenvalue weighted by atomic mass is 16.5. The van der Waals surface area contributed by atoms with E-state index >= 15 is 0 Å². The summed E-state index contributed by atoms with van der Waals surface area (Å²) in [4.78, 5) is 63.4. The Labute approximate surface area is 190 Å². The van der Waals surface area contributed by atoms with E-state index in [1.54, 1.807) is 36.4 Å². The first-order chi connectivity index (χ1) is 15.7. The van der Waals surface area contributed by atoms with Gasteiger partial charge in [-0.2, -0.15) is 0 Å². The fourth-order valence-corrected chi connectivity index (χ4v) is 4.01. The van der Waals surface area contributed by atoms with Gasteiger partial charge in [0.1, 0.15) is 11.3 Å². The van der Waals surface area contributed by atoms with Crippen molar-refractivity contribution in [2.45, 2.75) is 38.8 Å². The Morgan fingerprint density at radius 3 is 2.42 bits per heavy atom. The number of benzene rings is 2. The molecule has 9 nitrogen and oxygen atoms in total. The van der Waals surface area contributed by atoms with Gasteiger partial charge in [0.2, 0.25) is 5.91 Å². The molecule has 2 aliphatic heterocycles. The summed E-state index contributed by atoms with van der Waals surface area (Å²) in [5.41, 5.74) is 0.00176. The van der Waals surface area contributed by atoms with Crippen LogP contribution in [0.1, 0.15) is 63.3 Å². The van der Waals surface area contributed by atoms with Crippen LogP contribution >= 0.6 is 0 Å². The molecule has 4 rings (SSSR count). The number of fused-ring (bicyclic) bond motifs is 1. The molecule has 5 amide bonds. The van der Waals surface area contributed by atoms with Gasteiger partial charge in [-0.3, -0.25) is 34.2 Å². The van der Waals surface area contributed by atoms with Crippen molar-refractivity contribution in [1.82, 2.24) is 15.5 Å². The molecular formula is C24H23N3O6. The largest absolute Gasteiger partial charge is 0.494 e. The van der Waals surface area contributed by atoms with Gasteiger partial charge in [0, 0.05) is 18.5 Å². The van der Waals surface area contributed by atoms with Crippen LogP contribution < -0.4 is 15.4 Å². The predicted molar refractivity (Wildman–Crippen MR) is 117 cm³/mol. The lowest BCUT2D eigenvalue weighted by atomic mass is 9.89. The second-order valence-electron chi connectivity index (χ2n) is 8.12. The third-order valence-corrected chi connectivity index (χ3v) is 5.91. The molecule has 2 aromatic rings. The van der Waals surface area contributed by atoms with Crippen molar-refractivity contribution in [2.75, 3.05) is 6.61 Å². The maximum absolute atomic E-state index is 13.1. The SMILES string of the molecule is CCOc1ccc(C(=O)NCc2ccc3c(c2)C(=O)N(C2(C)CCC(=O)NC2=O)C3=O)cc1. The zero-order valence-corrected chi connectivity index (χ0v) is 18.3. The van der Waals surface area contributed by atoms with Crippen LogP contribution in [-0.2, 0) is 16.1 Å². The molecular weight excluding hydrogens is 426 g/mol. The molecule has 1 fully saturated rings. The third kappa shape index (κ3) is 3.97. The molecule has 2 heterocycles. The molecule has 1 atom stereocenters. The fraction of sp³-hybridized carbons (Fsp3) is 0.292. The van der Waals surface area contributed by atoms with Crippen molar-refractivity contribution in [1.29, 1.82) is 0 Å². The number of ether oxygens (including phenoxy) is 1. The molecule has 0 spiro atoms. The normalized spacial score (nSPS) is 19.9. The zero-order valence-electron chi connectivity index (χ0n) is 18.3. The summed E-state index contributed by atoms with van der Waals surface area (Å²) in [5.74, 6) is -1.90. The van der Waals surface area contributed by atoms with Crippen molar-refractivity contribution in [3.8, 4) is 5.75 Å². The molecule has 2 aliphatic rings. The topological polar surface area (TPSA) is 122 Å². The van der Waals surface area contributed by atoms with Crippen molar-refractivity contribution < 1.29 is 28.7 Å². The summed E-state index contributed by atoms with van der Waals surface area (Å²) in [7, 11) is 0. The molecule has 170 valence electrons. The van der Waals surface area contributed by atoms with Crippen LogP contribution in [0.15, 0.2) is 42.5 Å². The molecule has 2 N–H and O–H groups in total. The molecule has 0 aliphatic carbocycles. The highest BCUT2D eigenvalue weighted by Crippen LogP contribution is 2.34. The zero-order chi connectivity index (χ0) is 23.8. The highest BCUT2D eigenvalue weighted by molar-refractivity contribution is 6.24. The first-order valence-electron chi connectivity index (χ1n) is 10.6.